The van der Waals surface area contributed by atoms with Crippen molar-refractivity contribution in [2.24, 2.45) is 29.6 Å². The van der Waals surface area contributed by atoms with Crippen molar-refractivity contribution < 1.29 is 61.1 Å². The van der Waals surface area contributed by atoms with Gasteiger partial charge in [-0.2, -0.15) is 0 Å². The fourth-order valence-corrected chi connectivity index (χ4v) is 26.0. The number of aldehydes is 1. The van der Waals surface area contributed by atoms with E-state index in [0.29, 0.717) is 32.4 Å². The minimum absolute atomic E-state index is 0.116. The van der Waals surface area contributed by atoms with Crippen molar-refractivity contribution in [3.63, 3.8) is 0 Å². The maximum Gasteiger partial charge on any atom is 0.411 e. The third-order valence-electron chi connectivity index (χ3n) is 20.6. The number of esters is 1. The largest absolute Gasteiger partial charge is 0.497 e. The minimum Gasteiger partial charge on any atom is -0.497 e. The lowest BCUT2D eigenvalue weighted by Crippen LogP contribution is -2.68. The standard InChI is InChI=1S/C80H123NO13Si2/c1-54(2)95(55(3)4,56(5)6)94-75(76(88-21)74(60(10)46-57(7)51-82)90-53-63-37-42-66(86-19)43-38-63)61(11)47-58(8)71(89-52-62-35-40-65(85-18)41-36-62)50-72(91-77(83)69-34-28-29-45-81(69)78(84)92-79(12,13)14)59(9)48-64-39-44-70(73(49-64)87-20)93-96(80(15,16)17,67-30-24-22-25-31-67)68-32-26-23-27-33-68/h22-27,30-33,35-38,40-43,47,51,54-60,64,69-76H,28-29,34,39,44-46,48-50,52-53H2,1-21H3/b61-47+/t57-,58-,59-,60-,64+,69+,70-,71+,72+,73-,74-,75-,76+/m1/s1. The molecule has 0 N–H and O–H groups in total. The first-order valence-corrected chi connectivity index (χ1v) is 39.9. The summed E-state index contributed by atoms with van der Waals surface area (Å²) in [6.45, 7) is 38.0. The fraction of sp³-hybridized carbons (Fsp3) is 0.637. The monoisotopic (exact) mass is 1360 g/mol. The number of hydrogen-bond donors (Lipinski definition) is 0. The van der Waals surface area contributed by atoms with Crippen molar-refractivity contribution in [2.75, 3.05) is 35.0 Å². The highest BCUT2D eigenvalue weighted by molar-refractivity contribution is 6.99. The molecule has 2 fully saturated rings. The molecule has 0 radical (unpaired) electrons. The average molecular weight is 1360 g/mol. The number of rotatable bonds is 35. The third-order valence-corrected chi connectivity index (χ3v) is 31.8. The minimum atomic E-state index is -2.92. The third kappa shape index (κ3) is 21.0. The Bertz CT molecular complexity index is 2920. The number of nitrogens with zero attached hydrogens (tertiary/aromatic N) is 1. The number of piperidine rings is 1. The van der Waals surface area contributed by atoms with Crippen LogP contribution < -0.4 is 19.8 Å². The van der Waals surface area contributed by atoms with Crippen molar-refractivity contribution >= 4 is 45.4 Å². The van der Waals surface area contributed by atoms with Gasteiger partial charge in [0.2, 0.25) is 8.32 Å². The van der Waals surface area contributed by atoms with Crippen molar-refractivity contribution in [2.45, 2.75) is 265 Å². The summed E-state index contributed by atoms with van der Waals surface area (Å²) in [5.74, 6) is 0.516. The summed E-state index contributed by atoms with van der Waals surface area (Å²) >= 11 is 0. The van der Waals surface area contributed by atoms with Crippen molar-refractivity contribution in [3.05, 3.63) is 132 Å². The van der Waals surface area contributed by atoms with Gasteiger partial charge in [0.25, 0.3) is 8.32 Å². The highest BCUT2D eigenvalue weighted by Crippen LogP contribution is 2.46. The van der Waals surface area contributed by atoms with E-state index in [0.717, 1.165) is 73.0 Å². The first kappa shape index (κ1) is 79.8. The Morgan fingerprint density at radius 1 is 0.625 bits per heavy atom. The lowest BCUT2D eigenvalue weighted by atomic mass is 9.78. The smallest absolute Gasteiger partial charge is 0.411 e. The quantitative estimate of drug-likeness (QED) is 0.0186. The molecule has 1 saturated heterocycles. The Morgan fingerprint density at radius 2 is 1.17 bits per heavy atom. The topological polar surface area (TPSA) is 147 Å². The van der Waals surface area contributed by atoms with Gasteiger partial charge in [-0.25, -0.2) is 9.59 Å². The molecule has 1 heterocycles. The van der Waals surface area contributed by atoms with E-state index in [2.05, 4.69) is 157 Å². The number of benzene rings is 4. The molecule has 534 valence electrons. The Balaban J connectivity index is 1.45. The molecule has 4 aromatic carbocycles. The van der Waals surface area contributed by atoms with Gasteiger partial charge in [0.1, 0.15) is 41.6 Å². The van der Waals surface area contributed by atoms with E-state index in [4.69, 9.17) is 46.7 Å². The van der Waals surface area contributed by atoms with E-state index in [1.54, 1.807) is 26.2 Å². The van der Waals surface area contributed by atoms with E-state index in [1.165, 1.54) is 10.4 Å². The molecular weight excluding hydrogens is 1240 g/mol. The number of ether oxygens (including phenoxy) is 8. The van der Waals surface area contributed by atoms with Gasteiger partial charge in [0.15, 0.2) is 0 Å². The molecule has 0 bridgehead atoms. The van der Waals surface area contributed by atoms with Gasteiger partial charge in [-0.05, 0) is 170 Å². The Hall–Kier alpha value is -5.18. The highest BCUT2D eigenvalue weighted by Gasteiger charge is 2.54. The maximum atomic E-state index is 15.3. The van der Waals surface area contributed by atoms with E-state index in [-0.39, 0.29) is 70.1 Å². The number of amides is 1. The van der Waals surface area contributed by atoms with Crippen LogP contribution in [0.3, 0.4) is 0 Å². The normalized spacial score (nSPS) is 20.6. The molecule has 13 atom stereocenters. The van der Waals surface area contributed by atoms with Gasteiger partial charge in [0, 0.05) is 39.0 Å². The van der Waals surface area contributed by atoms with Crippen LogP contribution in [0.5, 0.6) is 11.5 Å². The summed E-state index contributed by atoms with van der Waals surface area (Å²) in [5, 5.41) is 2.26. The average Bonchev–Trinajstić information content (AvgIpc) is 0.731. The molecular formula is C80H123NO13Si2. The molecule has 4 aromatic rings. The molecule has 1 aliphatic heterocycles. The summed E-state index contributed by atoms with van der Waals surface area (Å²) in [6.07, 6.45) is 5.78. The van der Waals surface area contributed by atoms with Gasteiger partial charge in [-0.3, -0.25) is 4.90 Å². The van der Waals surface area contributed by atoms with Crippen molar-refractivity contribution in [1.82, 2.24) is 4.90 Å². The molecule has 1 amide bonds. The van der Waals surface area contributed by atoms with E-state index in [9.17, 15) is 9.59 Å². The Labute approximate surface area is 581 Å². The zero-order chi connectivity index (χ0) is 70.7. The molecule has 96 heavy (non-hydrogen) atoms. The van der Waals surface area contributed by atoms with Crippen LogP contribution in [0.4, 0.5) is 4.79 Å². The van der Waals surface area contributed by atoms with Crippen molar-refractivity contribution in [1.29, 1.82) is 0 Å². The zero-order valence-electron chi connectivity index (χ0n) is 62.5. The summed E-state index contributed by atoms with van der Waals surface area (Å²) in [4.78, 5) is 43.3. The number of carbonyl (C=O) groups excluding carboxylic acids is 3. The van der Waals surface area contributed by atoms with Crippen LogP contribution in [-0.4, -0.2) is 129 Å². The zero-order valence-corrected chi connectivity index (χ0v) is 64.5. The van der Waals surface area contributed by atoms with E-state index >= 15 is 4.79 Å². The van der Waals surface area contributed by atoms with Gasteiger partial charge in [-0.15, -0.1) is 0 Å². The second-order valence-electron chi connectivity index (χ2n) is 30.9. The first-order chi connectivity index (χ1) is 45.5. The first-order valence-electron chi connectivity index (χ1n) is 35.8. The molecule has 0 spiro atoms. The second-order valence-corrected chi connectivity index (χ2v) is 40.5. The van der Waals surface area contributed by atoms with Gasteiger partial charge >= 0.3 is 12.1 Å². The van der Waals surface area contributed by atoms with Crippen LogP contribution in [0.15, 0.2) is 121 Å². The molecule has 16 heteroatoms. The molecule has 1 saturated carbocycles. The molecule has 0 unspecified atom stereocenters. The fourth-order valence-electron chi connectivity index (χ4n) is 15.7. The highest BCUT2D eigenvalue weighted by atomic mass is 28.4. The Kier molecular flexibility index (Phi) is 30.6. The van der Waals surface area contributed by atoms with Crippen molar-refractivity contribution in [3.8, 4) is 11.5 Å². The van der Waals surface area contributed by atoms with Crippen LogP contribution >= 0.6 is 0 Å². The number of hydrogen-bond acceptors (Lipinski definition) is 13. The van der Waals surface area contributed by atoms with E-state index in [1.807, 2.05) is 83.3 Å². The van der Waals surface area contributed by atoms with Gasteiger partial charge in [-0.1, -0.05) is 181 Å². The SMILES string of the molecule is COc1ccc(CO[C@@H]([C@H](OC)[C@H](O[Si](C(C)C)(C(C)C)C(C)C)/C(C)=C/[C@@H](C)[C@H](C[C@H](OC(=O)[C@@H]2CCCCN2C(=O)OC(C)(C)C)[C@H](C)C[C@@H]2CC[C@@H](O[Si](c3ccccc3)(c3ccccc3)C(C)(C)C)[C@H](OC)C2)OCc2ccc(OC)cc2)[C@H](C)C[C@@H](C)C=O)cc1. The van der Waals surface area contributed by atoms with Gasteiger partial charge in [0.05, 0.1) is 58.0 Å². The molecule has 6 rings (SSSR count). The van der Waals surface area contributed by atoms with Crippen LogP contribution in [-0.2, 0) is 60.1 Å². The summed E-state index contributed by atoms with van der Waals surface area (Å²) < 4.78 is 67.6. The van der Waals surface area contributed by atoms with Crippen LogP contribution in [0.1, 0.15) is 187 Å². The predicted molar refractivity (Wildman–Crippen MR) is 391 cm³/mol. The molecule has 0 aromatic heterocycles. The number of methoxy groups -OCH3 is 4. The lowest BCUT2D eigenvalue weighted by Gasteiger charge is -2.48. The van der Waals surface area contributed by atoms with E-state index < -0.39 is 70.9 Å². The molecule has 14 nitrogen and oxygen atoms in total. The summed E-state index contributed by atoms with van der Waals surface area (Å²) in [7, 11) is 1.29. The lowest BCUT2D eigenvalue weighted by molar-refractivity contribution is -0.162. The molecule has 2 aliphatic rings. The summed E-state index contributed by atoms with van der Waals surface area (Å²) in [5.41, 5.74) is 2.88. The Morgan fingerprint density at radius 3 is 1.65 bits per heavy atom. The number of carbonyl (C=O) groups is 3. The second kappa shape index (κ2) is 36.8. The van der Waals surface area contributed by atoms with Crippen LogP contribution in [0.25, 0.3) is 0 Å². The van der Waals surface area contributed by atoms with Crippen LogP contribution in [0.2, 0.25) is 21.7 Å². The summed E-state index contributed by atoms with van der Waals surface area (Å²) in [6, 6.07) is 36.7. The number of likely N-dealkylation sites (tertiary alicyclic amines) is 1. The maximum absolute atomic E-state index is 15.3. The van der Waals surface area contributed by atoms with Crippen LogP contribution in [0, 0.1) is 29.6 Å². The predicted octanol–water partition coefficient (Wildman–Crippen LogP) is 17.1. The van der Waals surface area contributed by atoms with Gasteiger partial charge < -0.3 is 51.5 Å². The molecule has 1 aliphatic carbocycles.